The summed E-state index contributed by atoms with van der Waals surface area (Å²) in [5.41, 5.74) is 0.105. The quantitative estimate of drug-likeness (QED) is 0.602. The third kappa shape index (κ3) is 2.30. The molecule has 0 saturated heterocycles. The number of halogens is 1. The molecule has 0 aliphatic heterocycles. The van der Waals surface area contributed by atoms with Crippen LogP contribution in [0.3, 0.4) is 0 Å². The minimum Gasteiger partial charge on any atom is -0.461 e. The van der Waals surface area contributed by atoms with Gasteiger partial charge in [0.15, 0.2) is 5.69 Å². The molecule has 0 bridgehead atoms. The molecular formula is C11H9FN2O3. The van der Waals surface area contributed by atoms with Crippen LogP contribution in [-0.2, 0) is 4.74 Å². The number of esters is 1. The van der Waals surface area contributed by atoms with Crippen molar-refractivity contribution < 1.29 is 18.3 Å². The molecule has 0 fully saturated rings. The Hall–Kier alpha value is -2.24. The van der Waals surface area contributed by atoms with E-state index >= 15 is 0 Å². The molecule has 0 spiro atoms. The van der Waals surface area contributed by atoms with Gasteiger partial charge in [-0.05, 0) is 19.1 Å². The first-order valence-electron chi connectivity index (χ1n) is 4.96. The summed E-state index contributed by atoms with van der Waals surface area (Å²) in [7, 11) is 0. The molecular weight excluding hydrogens is 227 g/mol. The first-order valence-corrected chi connectivity index (χ1v) is 4.96. The average Bonchev–Trinajstić information content (AvgIpc) is 2.79. The molecule has 0 unspecified atom stereocenters. The Morgan fingerprint density at radius 2 is 2.41 bits per heavy atom. The Labute approximate surface area is 96.3 Å². The average molecular weight is 236 g/mol. The molecule has 0 aromatic carbocycles. The van der Waals surface area contributed by atoms with Gasteiger partial charge in [-0.2, -0.15) is 4.39 Å². The van der Waals surface area contributed by atoms with Crippen LogP contribution in [0.4, 0.5) is 4.39 Å². The van der Waals surface area contributed by atoms with Crippen molar-refractivity contribution in [3.63, 3.8) is 0 Å². The number of carbonyl (C=O) groups is 1. The lowest BCUT2D eigenvalue weighted by Crippen LogP contribution is -2.04. The number of aromatic nitrogens is 2. The third-order valence-electron chi connectivity index (χ3n) is 1.98. The second kappa shape index (κ2) is 4.73. The summed E-state index contributed by atoms with van der Waals surface area (Å²) in [5.74, 6) is -1.31. The van der Waals surface area contributed by atoms with Crippen LogP contribution < -0.4 is 0 Å². The summed E-state index contributed by atoms with van der Waals surface area (Å²) in [6.45, 7) is 1.92. The van der Waals surface area contributed by atoms with Crippen molar-refractivity contribution in [2.24, 2.45) is 0 Å². The lowest BCUT2D eigenvalue weighted by atomic mass is 10.3. The second-order valence-corrected chi connectivity index (χ2v) is 3.10. The summed E-state index contributed by atoms with van der Waals surface area (Å²) >= 11 is 0. The van der Waals surface area contributed by atoms with E-state index in [1.54, 1.807) is 13.0 Å². The van der Waals surface area contributed by atoms with Gasteiger partial charge in [-0.25, -0.2) is 14.8 Å². The fourth-order valence-corrected chi connectivity index (χ4v) is 1.24. The van der Waals surface area contributed by atoms with Crippen LogP contribution in [0.2, 0.25) is 0 Å². The smallest absolute Gasteiger partial charge is 0.360 e. The minimum absolute atomic E-state index is 0.00125. The molecule has 0 saturated carbocycles. The SMILES string of the molecule is CCOC(=O)c1coc(-c2cccnc2F)n1. The molecule has 2 aromatic rings. The summed E-state index contributed by atoms with van der Waals surface area (Å²) in [6, 6.07) is 3.01. The number of rotatable bonds is 3. The Morgan fingerprint density at radius 1 is 1.59 bits per heavy atom. The van der Waals surface area contributed by atoms with Crippen LogP contribution in [0.1, 0.15) is 17.4 Å². The summed E-state index contributed by atoms with van der Waals surface area (Å²) < 4.78 is 23.1. The van der Waals surface area contributed by atoms with Crippen molar-refractivity contribution in [1.29, 1.82) is 0 Å². The molecule has 0 aliphatic rings. The predicted octanol–water partition coefficient (Wildman–Crippen LogP) is 2.05. The second-order valence-electron chi connectivity index (χ2n) is 3.10. The largest absolute Gasteiger partial charge is 0.461 e. The molecule has 2 heterocycles. The maximum absolute atomic E-state index is 13.3. The van der Waals surface area contributed by atoms with Gasteiger partial charge in [0.25, 0.3) is 0 Å². The maximum atomic E-state index is 13.3. The summed E-state index contributed by atoms with van der Waals surface area (Å²) in [4.78, 5) is 18.6. The Morgan fingerprint density at radius 3 is 3.12 bits per heavy atom. The third-order valence-corrected chi connectivity index (χ3v) is 1.98. The Balaban J connectivity index is 2.30. The van der Waals surface area contributed by atoms with E-state index in [2.05, 4.69) is 9.97 Å². The van der Waals surface area contributed by atoms with E-state index in [9.17, 15) is 9.18 Å². The normalized spacial score (nSPS) is 10.2. The van der Waals surface area contributed by atoms with Crippen LogP contribution in [0, 0.1) is 5.95 Å². The zero-order chi connectivity index (χ0) is 12.3. The highest BCUT2D eigenvalue weighted by molar-refractivity contribution is 5.87. The Kier molecular flexibility index (Phi) is 3.13. The number of pyridine rings is 1. The van der Waals surface area contributed by atoms with Crippen LogP contribution in [0.15, 0.2) is 29.0 Å². The van der Waals surface area contributed by atoms with Gasteiger partial charge < -0.3 is 9.15 Å². The van der Waals surface area contributed by atoms with Gasteiger partial charge in [0.05, 0.1) is 12.2 Å². The van der Waals surface area contributed by atoms with E-state index in [1.807, 2.05) is 0 Å². The highest BCUT2D eigenvalue weighted by Crippen LogP contribution is 2.20. The predicted molar refractivity (Wildman–Crippen MR) is 55.6 cm³/mol. The van der Waals surface area contributed by atoms with E-state index in [-0.39, 0.29) is 23.8 Å². The van der Waals surface area contributed by atoms with Crippen molar-refractivity contribution in [3.05, 3.63) is 36.2 Å². The highest BCUT2D eigenvalue weighted by atomic mass is 19.1. The lowest BCUT2D eigenvalue weighted by molar-refractivity contribution is 0.0519. The van der Waals surface area contributed by atoms with Gasteiger partial charge in [0.1, 0.15) is 6.26 Å². The van der Waals surface area contributed by atoms with Crippen molar-refractivity contribution in [2.75, 3.05) is 6.61 Å². The van der Waals surface area contributed by atoms with Crippen LogP contribution in [-0.4, -0.2) is 22.5 Å². The number of hydrogen-bond acceptors (Lipinski definition) is 5. The van der Waals surface area contributed by atoms with Crippen LogP contribution in [0.25, 0.3) is 11.5 Å². The van der Waals surface area contributed by atoms with Gasteiger partial charge in [0, 0.05) is 6.20 Å². The highest BCUT2D eigenvalue weighted by Gasteiger charge is 2.16. The summed E-state index contributed by atoms with van der Waals surface area (Å²) in [5, 5.41) is 0. The first-order chi connectivity index (χ1) is 8.22. The topological polar surface area (TPSA) is 65.2 Å². The van der Waals surface area contributed by atoms with Gasteiger partial charge >= 0.3 is 5.97 Å². The lowest BCUT2D eigenvalue weighted by Gasteiger charge is -1.96. The summed E-state index contributed by atoms with van der Waals surface area (Å²) in [6.07, 6.45) is 2.44. The number of nitrogens with zero attached hydrogens (tertiary/aromatic N) is 2. The number of carbonyl (C=O) groups excluding carboxylic acids is 1. The minimum atomic E-state index is -0.704. The van der Waals surface area contributed by atoms with E-state index < -0.39 is 11.9 Å². The van der Waals surface area contributed by atoms with E-state index in [0.717, 1.165) is 6.26 Å². The molecule has 2 aromatic heterocycles. The number of ether oxygens (including phenoxy) is 1. The molecule has 0 aliphatic carbocycles. The van der Waals surface area contributed by atoms with Gasteiger partial charge in [-0.15, -0.1) is 0 Å². The maximum Gasteiger partial charge on any atom is 0.360 e. The number of oxazole rings is 1. The molecule has 0 atom stereocenters. The molecule has 5 nitrogen and oxygen atoms in total. The van der Waals surface area contributed by atoms with E-state index in [1.165, 1.54) is 12.3 Å². The molecule has 2 rings (SSSR count). The van der Waals surface area contributed by atoms with E-state index in [0.29, 0.717) is 0 Å². The molecule has 0 N–H and O–H groups in total. The zero-order valence-electron chi connectivity index (χ0n) is 9.01. The monoisotopic (exact) mass is 236 g/mol. The standard InChI is InChI=1S/C11H9FN2O3/c1-2-16-11(15)8-6-17-10(14-8)7-4-3-5-13-9(7)12/h3-6H,2H2,1H3. The molecule has 0 radical (unpaired) electrons. The molecule has 17 heavy (non-hydrogen) atoms. The van der Waals surface area contributed by atoms with Crippen molar-refractivity contribution in [1.82, 2.24) is 9.97 Å². The van der Waals surface area contributed by atoms with E-state index in [4.69, 9.17) is 9.15 Å². The van der Waals surface area contributed by atoms with Gasteiger partial charge in [-0.3, -0.25) is 0 Å². The van der Waals surface area contributed by atoms with Crippen LogP contribution >= 0.6 is 0 Å². The van der Waals surface area contributed by atoms with Crippen molar-refractivity contribution >= 4 is 5.97 Å². The van der Waals surface area contributed by atoms with Gasteiger partial charge in [0.2, 0.25) is 11.8 Å². The molecule has 0 amide bonds. The number of hydrogen-bond donors (Lipinski definition) is 0. The Bertz CT molecular complexity index is 539. The fraction of sp³-hybridized carbons (Fsp3) is 0.182. The van der Waals surface area contributed by atoms with Crippen molar-refractivity contribution in [2.45, 2.75) is 6.92 Å². The molecule has 6 heteroatoms. The zero-order valence-corrected chi connectivity index (χ0v) is 9.01. The molecule has 88 valence electrons. The first kappa shape index (κ1) is 11.3. The fourth-order valence-electron chi connectivity index (χ4n) is 1.24. The van der Waals surface area contributed by atoms with Crippen molar-refractivity contribution in [3.8, 4) is 11.5 Å². The van der Waals surface area contributed by atoms with Gasteiger partial charge in [-0.1, -0.05) is 0 Å². The van der Waals surface area contributed by atoms with Crippen LogP contribution in [0.5, 0.6) is 0 Å².